The zero-order valence-electron chi connectivity index (χ0n) is 15.5. The van der Waals surface area contributed by atoms with Gasteiger partial charge in [-0.15, -0.1) is 0 Å². The van der Waals surface area contributed by atoms with Gasteiger partial charge in [-0.25, -0.2) is 0 Å². The van der Waals surface area contributed by atoms with E-state index in [-0.39, 0.29) is 17.9 Å². The molecule has 146 valence electrons. The molecule has 2 N–H and O–H groups in total. The number of fused-ring (bicyclic) bond motifs is 1. The number of anilines is 1. The maximum atomic E-state index is 12.8. The molecule has 28 heavy (non-hydrogen) atoms. The molecule has 2 aromatic carbocycles. The second-order valence-electron chi connectivity index (χ2n) is 7.53. The molecule has 1 aliphatic heterocycles. The standard InChI is InChI=1S/C22H23BrN2O3/c23-15-5-3-6-16(13-15)24-20(26)10-4-9-19(14-11-12-14)25-21(27)17-7-1-2-8-18(17)22(25)28/h1-3,5-8,13-14,19,21,27H,4,9-12H2,(H,24,26)/t19-,21?/m0/s1. The fraction of sp³-hybridized carbons (Fsp3) is 0.364. The lowest BCUT2D eigenvalue weighted by molar-refractivity contribution is -0.116. The largest absolute Gasteiger partial charge is 0.369 e. The molecule has 1 saturated carbocycles. The summed E-state index contributed by atoms with van der Waals surface area (Å²) in [5.41, 5.74) is 2.04. The molecule has 6 heteroatoms. The quantitative estimate of drug-likeness (QED) is 0.663. The van der Waals surface area contributed by atoms with E-state index in [9.17, 15) is 14.7 Å². The summed E-state index contributed by atoms with van der Waals surface area (Å²) in [5.74, 6) is 0.281. The van der Waals surface area contributed by atoms with Gasteiger partial charge < -0.3 is 15.3 Å². The van der Waals surface area contributed by atoms with Crippen molar-refractivity contribution in [3.05, 3.63) is 64.1 Å². The van der Waals surface area contributed by atoms with Crippen molar-refractivity contribution in [1.82, 2.24) is 4.90 Å². The highest BCUT2D eigenvalue weighted by atomic mass is 79.9. The molecular weight excluding hydrogens is 420 g/mol. The van der Waals surface area contributed by atoms with Crippen molar-refractivity contribution < 1.29 is 14.7 Å². The van der Waals surface area contributed by atoms with E-state index in [0.29, 0.717) is 36.3 Å². The molecule has 4 rings (SSSR count). The van der Waals surface area contributed by atoms with Gasteiger partial charge in [-0.1, -0.05) is 40.2 Å². The average molecular weight is 443 g/mol. The minimum atomic E-state index is -0.884. The van der Waals surface area contributed by atoms with E-state index in [4.69, 9.17) is 0 Å². The Labute approximate surface area is 172 Å². The van der Waals surface area contributed by atoms with Crippen LogP contribution in [0, 0.1) is 5.92 Å². The van der Waals surface area contributed by atoms with E-state index in [1.807, 2.05) is 42.5 Å². The lowest BCUT2D eigenvalue weighted by Gasteiger charge is -2.31. The van der Waals surface area contributed by atoms with E-state index in [0.717, 1.165) is 23.0 Å². The molecule has 1 fully saturated rings. The van der Waals surface area contributed by atoms with Crippen LogP contribution in [0.3, 0.4) is 0 Å². The Balaban J connectivity index is 1.36. The summed E-state index contributed by atoms with van der Waals surface area (Å²) >= 11 is 3.40. The van der Waals surface area contributed by atoms with Crippen LogP contribution in [-0.2, 0) is 4.79 Å². The lowest BCUT2D eigenvalue weighted by Crippen LogP contribution is -2.40. The molecule has 1 unspecified atom stereocenters. The first-order valence-corrected chi connectivity index (χ1v) is 10.5. The number of hydrogen-bond donors (Lipinski definition) is 2. The van der Waals surface area contributed by atoms with Gasteiger partial charge in [-0.2, -0.15) is 0 Å². The molecule has 0 bridgehead atoms. The number of aliphatic hydroxyl groups excluding tert-OH is 1. The lowest BCUT2D eigenvalue weighted by atomic mass is 10.0. The van der Waals surface area contributed by atoms with Gasteiger partial charge in [0.25, 0.3) is 5.91 Å². The first-order valence-electron chi connectivity index (χ1n) is 9.69. The number of carbonyl (C=O) groups excluding carboxylic acids is 2. The zero-order chi connectivity index (χ0) is 19.7. The summed E-state index contributed by atoms with van der Waals surface area (Å²) in [4.78, 5) is 26.7. The molecule has 0 aromatic heterocycles. The van der Waals surface area contributed by atoms with Crippen LogP contribution in [0.1, 0.15) is 54.3 Å². The normalized spacial score (nSPS) is 19.4. The monoisotopic (exact) mass is 442 g/mol. The SMILES string of the molecule is O=C(CCC[C@@H](C1CC1)N1C(=O)c2ccccc2C1O)Nc1cccc(Br)c1. The Morgan fingerprint density at radius 2 is 2.00 bits per heavy atom. The molecule has 2 aliphatic rings. The maximum Gasteiger partial charge on any atom is 0.256 e. The Bertz CT molecular complexity index is 897. The van der Waals surface area contributed by atoms with Gasteiger partial charge in [0.05, 0.1) is 0 Å². The molecule has 1 aliphatic carbocycles. The number of carbonyl (C=O) groups is 2. The van der Waals surface area contributed by atoms with Gasteiger partial charge in [0.15, 0.2) is 6.23 Å². The summed E-state index contributed by atoms with van der Waals surface area (Å²) in [5, 5.41) is 13.6. The van der Waals surface area contributed by atoms with Crippen molar-refractivity contribution in [2.75, 3.05) is 5.32 Å². The Hall–Kier alpha value is -2.18. The van der Waals surface area contributed by atoms with Gasteiger partial charge in [0.2, 0.25) is 5.91 Å². The van der Waals surface area contributed by atoms with Crippen LogP contribution in [-0.4, -0.2) is 27.9 Å². The minimum Gasteiger partial charge on any atom is -0.369 e. The van der Waals surface area contributed by atoms with Crippen LogP contribution in [0.5, 0.6) is 0 Å². The van der Waals surface area contributed by atoms with Crippen molar-refractivity contribution in [1.29, 1.82) is 0 Å². The molecular formula is C22H23BrN2O3. The second kappa shape index (κ2) is 8.05. The highest BCUT2D eigenvalue weighted by Crippen LogP contribution is 2.43. The first-order chi connectivity index (χ1) is 13.5. The Morgan fingerprint density at radius 1 is 1.21 bits per heavy atom. The number of hydrogen-bond acceptors (Lipinski definition) is 3. The van der Waals surface area contributed by atoms with Crippen LogP contribution < -0.4 is 5.32 Å². The third-order valence-corrected chi connectivity index (χ3v) is 6.00. The summed E-state index contributed by atoms with van der Waals surface area (Å²) < 4.78 is 0.917. The van der Waals surface area contributed by atoms with Crippen LogP contribution in [0.15, 0.2) is 53.0 Å². The smallest absolute Gasteiger partial charge is 0.256 e. The highest BCUT2D eigenvalue weighted by molar-refractivity contribution is 9.10. The van der Waals surface area contributed by atoms with Gasteiger partial charge in [-0.05, 0) is 55.9 Å². The van der Waals surface area contributed by atoms with Crippen LogP contribution in [0.2, 0.25) is 0 Å². The third kappa shape index (κ3) is 3.98. The third-order valence-electron chi connectivity index (χ3n) is 5.50. The van der Waals surface area contributed by atoms with Crippen molar-refractivity contribution in [3.8, 4) is 0 Å². The zero-order valence-corrected chi connectivity index (χ0v) is 17.1. The topological polar surface area (TPSA) is 69.6 Å². The van der Waals surface area contributed by atoms with Crippen LogP contribution >= 0.6 is 15.9 Å². The molecule has 0 radical (unpaired) electrons. The molecule has 0 saturated heterocycles. The van der Waals surface area contributed by atoms with Gasteiger partial charge in [0, 0.05) is 33.7 Å². The van der Waals surface area contributed by atoms with Crippen LogP contribution in [0.25, 0.3) is 0 Å². The number of amides is 2. The van der Waals surface area contributed by atoms with Gasteiger partial charge in [-0.3, -0.25) is 9.59 Å². The predicted molar refractivity (Wildman–Crippen MR) is 111 cm³/mol. The fourth-order valence-corrected chi connectivity index (χ4v) is 4.39. The molecule has 1 heterocycles. The minimum absolute atomic E-state index is 0.0198. The highest BCUT2D eigenvalue weighted by Gasteiger charge is 2.44. The van der Waals surface area contributed by atoms with E-state index < -0.39 is 6.23 Å². The number of halogens is 1. The molecule has 2 aromatic rings. The number of rotatable bonds is 7. The van der Waals surface area contributed by atoms with Gasteiger partial charge in [0.1, 0.15) is 0 Å². The number of nitrogens with zero attached hydrogens (tertiary/aromatic N) is 1. The molecule has 2 atom stereocenters. The van der Waals surface area contributed by atoms with E-state index >= 15 is 0 Å². The predicted octanol–water partition coefficient (Wildman–Crippen LogP) is 4.48. The second-order valence-corrected chi connectivity index (χ2v) is 8.44. The Kier molecular flexibility index (Phi) is 5.51. The summed E-state index contributed by atoms with van der Waals surface area (Å²) in [6.45, 7) is 0. The fourth-order valence-electron chi connectivity index (χ4n) is 3.99. The Morgan fingerprint density at radius 3 is 2.71 bits per heavy atom. The summed E-state index contributed by atoms with van der Waals surface area (Å²) in [6.07, 6.45) is 3.04. The van der Waals surface area contributed by atoms with E-state index in [1.54, 1.807) is 11.0 Å². The van der Waals surface area contributed by atoms with Crippen molar-refractivity contribution >= 4 is 33.4 Å². The van der Waals surface area contributed by atoms with Crippen LogP contribution in [0.4, 0.5) is 5.69 Å². The van der Waals surface area contributed by atoms with E-state index in [1.165, 1.54) is 0 Å². The number of nitrogens with one attached hydrogen (secondary N) is 1. The van der Waals surface area contributed by atoms with Crippen molar-refractivity contribution in [2.45, 2.75) is 44.4 Å². The molecule has 0 spiro atoms. The number of aliphatic hydroxyl groups is 1. The molecule has 5 nitrogen and oxygen atoms in total. The average Bonchev–Trinajstić information content (AvgIpc) is 3.48. The summed E-state index contributed by atoms with van der Waals surface area (Å²) in [7, 11) is 0. The van der Waals surface area contributed by atoms with Crippen molar-refractivity contribution in [3.63, 3.8) is 0 Å². The van der Waals surface area contributed by atoms with Crippen molar-refractivity contribution in [2.24, 2.45) is 5.92 Å². The number of benzene rings is 2. The van der Waals surface area contributed by atoms with Gasteiger partial charge >= 0.3 is 0 Å². The maximum absolute atomic E-state index is 12.8. The first kappa shape index (κ1) is 19.2. The van der Waals surface area contributed by atoms with E-state index in [2.05, 4.69) is 21.2 Å². The molecule has 2 amide bonds. The summed E-state index contributed by atoms with van der Waals surface area (Å²) in [6, 6.07) is 14.7.